The average molecular weight is 269 g/mol. The minimum atomic E-state index is -0.419. The van der Waals surface area contributed by atoms with Crippen LogP contribution < -0.4 is 11.1 Å². The maximum absolute atomic E-state index is 11.7. The molecule has 1 aliphatic carbocycles. The normalized spacial score (nSPS) is 17.2. The Morgan fingerprint density at radius 3 is 2.67 bits per heavy atom. The topological polar surface area (TPSA) is 77.2 Å². The Bertz CT molecular complexity index is 411. The molecule has 18 heavy (non-hydrogen) atoms. The summed E-state index contributed by atoms with van der Waals surface area (Å²) in [6, 6.07) is 0.413. The lowest BCUT2D eigenvalue weighted by molar-refractivity contribution is 0.0603. The van der Waals surface area contributed by atoms with Gasteiger partial charge in [0.15, 0.2) is 5.82 Å². The molecule has 1 saturated carbocycles. The van der Waals surface area contributed by atoms with Crippen LogP contribution in [0.2, 0.25) is 0 Å². The first kappa shape index (κ1) is 13.1. The Labute approximate surface area is 111 Å². The van der Waals surface area contributed by atoms with E-state index in [4.69, 9.17) is 10.5 Å². The summed E-state index contributed by atoms with van der Waals surface area (Å²) in [4.78, 5) is 11.7. The molecule has 0 aliphatic heterocycles. The van der Waals surface area contributed by atoms with E-state index in [9.17, 15) is 4.79 Å². The van der Waals surface area contributed by atoms with E-state index in [1.54, 1.807) is 0 Å². The molecule has 0 amide bonds. The van der Waals surface area contributed by atoms with Gasteiger partial charge in [-0.25, -0.2) is 4.79 Å². The van der Waals surface area contributed by atoms with E-state index in [1.165, 1.54) is 44.3 Å². The lowest BCUT2D eigenvalue weighted by atomic mass is 10.1. The van der Waals surface area contributed by atoms with Gasteiger partial charge in [-0.3, -0.25) is 0 Å². The fourth-order valence-corrected chi connectivity index (χ4v) is 3.09. The molecule has 1 aliphatic rings. The predicted octanol–water partition coefficient (Wildman–Crippen LogP) is 2.65. The molecular weight excluding hydrogens is 250 g/mol. The van der Waals surface area contributed by atoms with Gasteiger partial charge in [0.25, 0.3) is 0 Å². The van der Waals surface area contributed by atoms with Crippen molar-refractivity contribution in [3.05, 3.63) is 5.56 Å². The van der Waals surface area contributed by atoms with Crippen molar-refractivity contribution in [2.24, 2.45) is 0 Å². The number of hydrogen-bond donors (Lipinski definition) is 2. The zero-order valence-electron chi connectivity index (χ0n) is 10.6. The summed E-state index contributed by atoms with van der Waals surface area (Å²) < 4.78 is 8.77. The number of ether oxygens (including phenoxy) is 1. The summed E-state index contributed by atoms with van der Waals surface area (Å²) in [7, 11) is 1.36. The fourth-order valence-electron chi connectivity index (χ4n) is 2.31. The number of nitrogens with zero attached hydrogens (tertiary/aromatic N) is 1. The van der Waals surface area contributed by atoms with Crippen LogP contribution in [0.4, 0.5) is 10.8 Å². The van der Waals surface area contributed by atoms with Gasteiger partial charge >= 0.3 is 5.97 Å². The van der Waals surface area contributed by atoms with Crippen molar-refractivity contribution in [1.82, 2.24) is 4.37 Å². The summed E-state index contributed by atoms with van der Waals surface area (Å²) in [5.41, 5.74) is 6.09. The number of methoxy groups -OCH3 is 1. The summed E-state index contributed by atoms with van der Waals surface area (Å²) in [6.07, 6.45) is 7.34. The zero-order valence-corrected chi connectivity index (χ0v) is 11.4. The first-order valence-electron chi connectivity index (χ1n) is 6.32. The van der Waals surface area contributed by atoms with Crippen molar-refractivity contribution < 1.29 is 9.53 Å². The van der Waals surface area contributed by atoms with E-state index in [0.717, 1.165) is 17.8 Å². The third kappa shape index (κ3) is 2.93. The van der Waals surface area contributed by atoms with E-state index < -0.39 is 5.97 Å². The summed E-state index contributed by atoms with van der Waals surface area (Å²) in [5, 5.41) is 4.14. The molecule has 0 bridgehead atoms. The summed E-state index contributed by atoms with van der Waals surface area (Å²) >= 11 is 1.23. The molecule has 1 heterocycles. The number of carbonyl (C=O) groups excluding carboxylic acids is 1. The highest BCUT2D eigenvalue weighted by molar-refractivity contribution is 7.11. The Hall–Kier alpha value is -1.30. The van der Waals surface area contributed by atoms with Crippen LogP contribution in [-0.2, 0) is 4.74 Å². The second-order valence-corrected chi connectivity index (χ2v) is 5.37. The van der Waals surface area contributed by atoms with Crippen molar-refractivity contribution in [2.45, 2.75) is 44.6 Å². The van der Waals surface area contributed by atoms with Gasteiger partial charge in [-0.15, -0.1) is 0 Å². The maximum atomic E-state index is 11.7. The Kier molecular flexibility index (Phi) is 4.41. The molecular formula is C12H19N3O2S. The van der Waals surface area contributed by atoms with Crippen LogP contribution in [0.15, 0.2) is 0 Å². The molecule has 0 unspecified atom stereocenters. The van der Waals surface area contributed by atoms with Gasteiger partial charge in [0.1, 0.15) is 10.6 Å². The lowest BCUT2D eigenvalue weighted by Gasteiger charge is -2.16. The largest absolute Gasteiger partial charge is 0.465 e. The number of anilines is 2. The quantitative estimate of drug-likeness (QED) is 0.651. The number of hydrogen-bond acceptors (Lipinski definition) is 6. The molecule has 5 nitrogen and oxygen atoms in total. The number of nitrogen functional groups attached to an aromatic ring is 1. The zero-order chi connectivity index (χ0) is 13.0. The van der Waals surface area contributed by atoms with E-state index in [1.807, 2.05) is 0 Å². The van der Waals surface area contributed by atoms with Crippen LogP contribution in [-0.4, -0.2) is 23.5 Å². The van der Waals surface area contributed by atoms with E-state index in [0.29, 0.717) is 11.6 Å². The predicted molar refractivity (Wildman–Crippen MR) is 73.0 cm³/mol. The van der Waals surface area contributed by atoms with Crippen molar-refractivity contribution in [3.63, 3.8) is 0 Å². The molecule has 0 saturated heterocycles. The van der Waals surface area contributed by atoms with Gasteiger partial charge in [-0.1, -0.05) is 25.7 Å². The second-order valence-electron chi connectivity index (χ2n) is 4.60. The fraction of sp³-hybridized carbons (Fsp3) is 0.667. The van der Waals surface area contributed by atoms with Crippen molar-refractivity contribution in [1.29, 1.82) is 0 Å². The van der Waals surface area contributed by atoms with Crippen LogP contribution in [0.3, 0.4) is 0 Å². The smallest absolute Gasteiger partial charge is 0.344 e. The van der Waals surface area contributed by atoms with Crippen LogP contribution in [0.1, 0.15) is 48.9 Å². The number of nitrogens with two attached hydrogens (primary N) is 1. The van der Waals surface area contributed by atoms with Gasteiger partial charge in [-0.05, 0) is 24.4 Å². The molecule has 0 atom stereocenters. The van der Waals surface area contributed by atoms with E-state index >= 15 is 0 Å². The van der Waals surface area contributed by atoms with Crippen LogP contribution in [0.5, 0.6) is 0 Å². The first-order chi connectivity index (χ1) is 8.72. The van der Waals surface area contributed by atoms with Gasteiger partial charge < -0.3 is 15.8 Å². The number of rotatable bonds is 3. The molecule has 2 rings (SSSR count). The molecule has 100 valence electrons. The minimum absolute atomic E-state index is 0.253. The summed E-state index contributed by atoms with van der Waals surface area (Å²) in [6.45, 7) is 0. The minimum Gasteiger partial charge on any atom is -0.465 e. The maximum Gasteiger partial charge on any atom is 0.344 e. The van der Waals surface area contributed by atoms with E-state index in [2.05, 4.69) is 9.69 Å². The van der Waals surface area contributed by atoms with Gasteiger partial charge in [-0.2, -0.15) is 4.37 Å². The number of carbonyl (C=O) groups is 1. The average Bonchev–Trinajstić information content (AvgIpc) is 2.58. The van der Waals surface area contributed by atoms with Crippen molar-refractivity contribution >= 4 is 28.3 Å². The highest BCUT2D eigenvalue weighted by Crippen LogP contribution is 2.30. The molecule has 3 N–H and O–H groups in total. The number of nitrogens with one attached hydrogen (secondary N) is 1. The number of aromatic nitrogens is 1. The molecule has 0 aromatic carbocycles. The molecule has 0 spiro atoms. The van der Waals surface area contributed by atoms with Crippen molar-refractivity contribution in [3.8, 4) is 0 Å². The van der Waals surface area contributed by atoms with Gasteiger partial charge in [0.2, 0.25) is 0 Å². The SMILES string of the molecule is COC(=O)c1c(N)nsc1NC1CCCCCC1. The van der Waals surface area contributed by atoms with Gasteiger partial charge in [0.05, 0.1) is 7.11 Å². The molecule has 1 aromatic rings. The van der Waals surface area contributed by atoms with Crippen molar-refractivity contribution in [2.75, 3.05) is 18.2 Å². The summed E-state index contributed by atoms with van der Waals surface area (Å²) in [5.74, 6) is -0.166. The third-order valence-corrected chi connectivity index (χ3v) is 4.09. The molecule has 1 fully saturated rings. The lowest BCUT2D eigenvalue weighted by Crippen LogP contribution is -2.19. The van der Waals surface area contributed by atoms with Crippen LogP contribution >= 0.6 is 11.5 Å². The van der Waals surface area contributed by atoms with E-state index in [-0.39, 0.29) is 5.82 Å². The highest BCUT2D eigenvalue weighted by atomic mass is 32.1. The van der Waals surface area contributed by atoms with Crippen LogP contribution in [0, 0.1) is 0 Å². The Morgan fingerprint density at radius 2 is 2.06 bits per heavy atom. The monoisotopic (exact) mass is 269 g/mol. The van der Waals surface area contributed by atoms with Gasteiger partial charge in [0, 0.05) is 6.04 Å². The van der Waals surface area contributed by atoms with Crippen LogP contribution in [0.25, 0.3) is 0 Å². The first-order valence-corrected chi connectivity index (χ1v) is 7.09. The second kappa shape index (κ2) is 6.04. The Balaban J connectivity index is 2.10. The standard InChI is InChI=1S/C12H19N3O2S/c1-17-12(16)9-10(13)15-18-11(9)14-8-6-4-2-3-5-7-8/h8,14H,2-7H2,1H3,(H2,13,15). The highest BCUT2D eigenvalue weighted by Gasteiger charge is 2.22. The third-order valence-electron chi connectivity index (χ3n) is 3.30. The molecule has 0 radical (unpaired) electrons. The molecule has 6 heteroatoms. The molecule has 1 aromatic heterocycles. The number of esters is 1. The Morgan fingerprint density at radius 1 is 1.39 bits per heavy atom.